The fraction of sp³-hybridized carbons (Fsp3) is 0.433. The second kappa shape index (κ2) is 10.7. The van der Waals surface area contributed by atoms with Crippen LogP contribution in [0.4, 0.5) is 4.39 Å². The maximum Gasteiger partial charge on any atom is 0.278 e. The molecular weight excluding hydrogens is 571 g/mol. The Morgan fingerprint density at radius 2 is 1.89 bits per heavy atom. The van der Waals surface area contributed by atoms with E-state index < -0.39 is 11.6 Å². The summed E-state index contributed by atoms with van der Waals surface area (Å²) in [6.45, 7) is 4.41. The van der Waals surface area contributed by atoms with Crippen LogP contribution in [0.15, 0.2) is 53.1 Å². The number of pyridine rings is 1. The molecule has 8 heteroatoms. The molecule has 0 bridgehead atoms. The second-order valence-corrected chi connectivity index (χ2v) is 12.0. The number of halogens is 3. The summed E-state index contributed by atoms with van der Waals surface area (Å²) in [4.78, 5) is 7.15. The quantitative estimate of drug-likeness (QED) is 0.287. The molecule has 3 aliphatic rings. The summed E-state index contributed by atoms with van der Waals surface area (Å²) in [5.74, 6) is 0.902. The van der Waals surface area contributed by atoms with Crippen LogP contribution in [-0.4, -0.2) is 29.1 Å². The monoisotopic (exact) mass is 600 g/mol. The lowest BCUT2D eigenvalue weighted by Gasteiger charge is -2.33. The first-order chi connectivity index (χ1) is 18.4. The number of para-hydroxylation sites is 1. The number of aromatic nitrogens is 1. The lowest BCUT2D eigenvalue weighted by Crippen LogP contribution is -2.34. The average molecular weight is 602 g/mol. The highest BCUT2D eigenvalue weighted by atomic mass is 79.9. The molecule has 0 radical (unpaired) electrons. The average Bonchev–Trinajstić information content (AvgIpc) is 3.53. The van der Waals surface area contributed by atoms with Crippen LogP contribution in [0.5, 0.6) is 17.2 Å². The molecule has 38 heavy (non-hydrogen) atoms. The molecule has 0 spiro atoms. The molecule has 1 saturated heterocycles. The van der Waals surface area contributed by atoms with Crippen LogP contribution in [0.25, 0.3) is 0 Å². The molecule has 1 aliphatic carbocycles. The first-order valence-electron chi connectivity index (χ1n) is 13.4. The fourth-order valence-corrected chi connectivity index (χ4v) is 6.38. The number of hydrogen-bond donors (Lipinski definition) is 0. The van der Waals surface area contributed by atoms with Crippen molar-refractivity contribution in [2.75, 3.05) is 13.1 Å². The SMILES string of the molecule is CC1(c2ccc(Cl)cc2F)Oc2cccc(C3CCN(Cc4ncc(Br)cc4OC4CCCC4)CC3)c2O1. The van der Waals surface area contributed by atoms with Crippen molar-refractivity contribution in [1.82, 2.24) is 9.88 Å². The van der Waals surface area contributed by atoms with Crippen molar-refractivity contribution in [2.45, 2.75) is 69.8 Å². The summed E-state index contributed by atoms with van der Waals surface area (Å²) in [6, 6.07) is 12.6. The van der Waals surface area contributed by atoms with E-state index in [2.05, 4.69) is 33.0 Å². The zero-order chi connectivity index (χ0) is 26.3. The number of benzene rings is 2. The number of fused-ring (bicyclic) bond motifs is 1. The molecule has 1 atom stereocenters. The van der Waals surface area contributed by atoms with Crippen molar-refractivity contribution in [2.24, 2.45) is 0 Å². The molecule has 2 fully saturated rings. The Balaban J connectivity index is 1.14. The highest BCUT2D eigenvalue weighted by Crippen LogP contribution is 2.50. The third-order valence-corrected chi connectivity index (χ3v) is 8.59. The minimum Gasteiger partial charge on any atom is -0.488 e. The Morgan fingerprint density at radius 1 is 1.11 bits per heavy atom. The lowest BCUT2D eigenvalue weighted by molar-refractivity contribution is -0.0712. The standard InChI is InChI=1S/C30H31BrClFN2O3/c1-30(24-10-9-21(32)16-25(24)33)37-27-8-4-7-23(29(27)38-30)19-11-13-35(14-12-19)18-26-28(15-20(31)17-34-26)36-22-5-2-3-6-22/h4,7-10,15-17,19,22H,2-3,5-6,11-14,18H2,1H3. The maximum atomic E-state index is 14.7. The largest absolute Gasteiger partial charge is 0.488 e. The normalized spacial score (nSPS) is 22.2. The number of likely N-dealkylation sites (tertiary alicyclic amines) is 1. The van der Waals surface area contributed by atoms with E-state index in [1.54, 1.807) is 19.1 Å². The van der Waals surface area contributed by atoms with Gasteiger partial charge in [-0.1, -0.05) is 23.7 Å². The van der Waals surface area contributed by atoms with Crippen molar-refractivity contribution >= 4 is 27.5 Å². The maximum absolute atomic E-state index is 14.7. The van der Waals surface area contributed by atoms with E-state index >= 15 is 0 Å². The number of hydrogen-bond acceptors (Lipinski definition) is 5. The van der Waals surface area contributed by atoms with Crippen molar-refractivity contribution in [1.29, 1.82) is 0 Å². The Labute approximate surface area is 236 Å². The van der Waals surface area contributed by atoms with Crippen LogP contribution in [0.1, 0.15) is 68.2 Å². The first kappa shape index (κ1) is 25.9. The van der Waals surface area contributed by atoms with Gasteiger partial charge in [0.25, 0.3) is 5.79 Å². The fourth-order valence-electron chi connectivity index (χ4n) is 5.91. The zero-order valence-corrected chi connectivity index (χ0v) is 23.7. The predicted octanol–water partition coefficient (Wildman–Crippen LogP) is 7.98. The van der Waals surface area contributed by atoms with E-state index in [9.17, 15) is 4.39 Å². The van der Waals surface area contributed by atoms with Crippen molar-refractivity contribution in [3.8, 4) is 17.2 Å². The third kappa shape index (κ3) is 5.25. The van der Waals surface area contributed by atoms with Gasteiger partial charge in [0, 0.05) is 34.7 Å². The van der Waals surface area contributed by atoms with E-state index in [-0.39, 0.29) is 0 Å². The van der Waals surface area contributed by atoms with E-state index in [4.69, 9.17) is 30.8 Å². The molecule has 5 nitrogen and oxygen atoms in total. The third-order valence-electron chi connectivity index (χ3n) is 7.93. The molecule has 3 aromatic rings. The van der Waals surface area contributed by atoms with Gasteiger partial charge in [0.05, 0.1) is 17.4 Å². The van der Waals surface area contributed by atoms with Gasteiger partial charge in [0.2, 0.25) is 0 Å². The molecule has 2 aromatic carbocycles. The summed E-state index contributed by atoms with van der Waals surface area (Å²) in [5.41, 5.74) is 2.44. The minimum absolute atomic E-state index is 0.296. The van der Waals surface area contributed by atoms with E-state index in [1.165, 1.54) is 18.9 Å². The van der Waals surface area contributed by atoms with E-state index in [0.717, 1.165) is 66.8 Å². The lowest BCUT2D eigenvalue weighted by atomic mass is 9.88. The van der Waals surface area contributed by atoms with Crippen molar-refractivity contribution in [3.63, 3.8) is 0 Å². The van der Waals surface area contributed by atoms with Gasteiger partial charge in [0.15, 0.2) is 11.5 Å². The summed E-state index contributed by atoms with van der Waals surface area (Å²) >= 11 is 9.52. The second-order valence-electron chi connectivity index (χ2n) is 10.6. The molecule has 2 aliphatic heterocycles. The van der Waals surface area contributed by atoms with Crippen LogP contribution in [0, 0.1) is 5.82 Å². The summed E-state index contributed by atoms with van der Waals surface area (Å²) in [5, 5.41) is 0.341. The predicted molar refractivity (Wildman–Crippen MR) is 149 cm³/mol. The van der Waals surface area contributed by atoms with Crippen LogP contribution in [0.2, 0.25) is 5.02 Å². The van der Waals surface area contributed by atoms with Gasteiger partial charge in [-0.2, -0.15) is 0 Å². The van der Waals surface area contributed by atoms with Crippen LogP contribution in [0.3, 0.4) is 0 Å². The summed E-state index contributed by atoms with van der Waals surface area (Å²) in [6.07, 6.45) is 8.84. The molecular formula is C30H31BrClFN2O3. The molecule has 200 valence electrons. The number of ether oxygens (including phenoxy) is 3. The van der Waals surface area contributed by atoms with Crippen LogP contribution in [-0.2, 0) is 12.3 Å². The van der Waals surface area contributed by atoms with Gasteiger partial charge in [-0.15, -0.1) is 0 Å². The van der Waals surface area contributed by atoms with Gasteiger partial charge in [-0.3, -0.25) is 9.88 Å². The number of nitrogens with zero attached hydrogens (tertiary/aromatic N) is 2. The first-order valence-corrected chi connectivity index (χ1v) is 14.5. The molecule has 0 N–H and O–H groups in total. The van der Waals surface area contributed by atoms with Crippen LogP contribution < -0.4 is 14.2 Å². The van der Waals surface area contributed by atoms with Crippen LogP contribution >= 0.6 is 27.5 Å². The Bertz CT molecular complexity index is 1330. The topological polar surface area (TPSA) is 43.8 Å². The summed E-state index contributed by atoms with van der Waals surface area (Å²) in [7, 11) is 0. The Morgan fingerprint density at radius 3 is 2.66 bits per heavy atom. The molecule has 1 aromatic heterocycles. The molecule has 3 heterocycles. The molecule has 1 unspecified atom stereocenters. The highest BCUT2D eigenvalue weighted by Gasteiger charge is 2.43. The van der Waals surface area contributed by atoms with Gasteiger partial charge < -0.3 is 14.2 Å². The van der Waals surface area contributed by atoms with Gasteiger partial charge in [0.1, 0.15) is 11.6 Å². The highest BCUT2D eigenvalue weighted by molar-refractivity contribution is 9.10. The smallest absolute Gasteiger partial charge is 0.278 e. The summed E-state index contributed by atoms with van der Waals surface area (Å²) < 4.78 is 34.6. The molecule has 0 amide bonds. The molecule has 6 rings (SSSR count). The van der Waals surface area contributed by atoms with Gasteiger partial charge >= 0.3 is 0 Å². The molecule has 1 saturated carbocycles. The van der Waals surface area contributed by atoms with Gasteiger partial charge in [-0.25, -0.2) is 4.39 Å². The van der Waals surface area contributed by atoms with Gasteiger partial charge in [-0.05, 0) is 104 Å². The Kier molecular flexibility index (Phi) is 7.27. The van der Waals surface area contributed by atoms with E-state index in [0.29, 0.717) is 34.1 Å². The minimum atomic E-state index is -1.24. The van der Waals surface area contributed by atoms with E-state index in [1.807, 2.05) is 18.3 Å². The Hall–Kier alpha value is -2.35. The zero-order valence-electron chi connectivity index (χ0n) is 21.4. The number of rotatable bonds is 6. The number of piperidine rings is 1. The van der Waals surface area contributed by atoms with Crippen molar-refractivity contribution in [3.05, 3.63) is 80.8 Å². The van der Waals surface area contributed by atoms with Crippen molar-refractivity contribution < 1.29 is 18.6 Å².